The van der Waals surface area contributed by atoms with Crippen molar-refractivity contribution in [3.05, 3.63) is 45.8 Å². The van der Waals surface area contributed by atoms with Crippen molar-refractivity contribution in [1.29, 1.82) is 0 Å². The van der Waals surface area contributed by atoms with Crippen LogP contribution in [-0.2, 0) is 26.4 Å². The molecule has 0 aromatic carbocycles. The van der Waals surface area contributed by atoms with E-state index in [1.54, 1.807) is 11.0 Å². The highest BCUT2D eigenvalue weighted by Gasteiger charge is 2.23. The molecule has 3 aromatic rings. The summed E-state index contributed by atoms with van der Waals surface area (Å²) < 4.78 is 3.83. The van der Waals surface area contributed by atoms with Crippen LogP contribution in [0.3, 0.4) is 0 Å². The first-order chi connectivity index (χ1) is 15.6. The van der Waals surface area contributed by atoms with Crippen LogP contribution in [0.15, 0.2) is 23.3 Å². The predicted octanol–water partition coefficient (Wildman–Crippen LogP) is 2.68. The fraction of sp³-hybridized carbons (Fsp3) is 0.583. The molecule has 170 valence electrons. The van der Waals surface area contributed by atoms with Crippen molar-refractivity contribution < 1.29 is 0 Å². The van der Waals surface area contributed by atoms with Crippen LogP contribution >= 0.6 is 0 Å². The highest BCUT2D eigenvalue weighted by atomic mass is 16.1. The fourth-order valence-corrected chi connectivity index (χ4v) is 5.21. The van der Waals surface area contributed by atoms with Gasteiger partial charge in [-0.15, -0.1) is 0 Å². The molecule has 32 heavy (non-hydrogen) atoms. The topological polar surface area (TPSA) is 80.9 Å². The van der Waals surface area contributed by atoms with E-state index in [2.05, 4.69) is 44.8 Å². The number of nitrogens with one attached hydrogen (secondary N) is 1. The predicted molar refractivity (Wildman–Crippen MR) is 126 cm³/mol. The average molecular weight is 436 g/mol. The normalized spacial score (nSPS) is 19.2. The summed E-state index contributed by atoms with van der Waals surface area (Å²) >= 11 is 0. The summed E-state index contributed by atoms with van der Waals surface area (Å²) in [5, 5.41) is 8.30. The maximum absolute atomic E-state index is 12.6. The molecule has 1 aliphatic heterocycles. The van der Waals surface area contributed by atoms with E-state index in [0.29, 0.717) is 12.6 Å². The molecule has 0 radical (unpaired) electrons. The standard InChI is InChI=1S/C24H33N7O/c1-17-13-21-23(29(17)2)24(27-16-26-21)25-15-19-8-5-6-10-30(19)11-12-31-22(32)14-18-7-3-4-9-20(18)28-31/h13-14,16,19H,3-12,15H2,1-2H3,(H,25,26,27). The Morgan fingerprint density at radius 3 is 2.88 bits per heavy atom. The van der Waals surface area contributed by atoms with E-state index in [1.165, 1.54) is 31.4 Å². The summed E-state index contributed by atoms with van der Waals surface area (Å²) in [6.07, 6.45) is 9.57. The van der Waals surface area contributed by atoms with Gasteiger partial charge in [-0.25, -0.2) is 14.6 Å². The van der Waals surface area contributed by atoms with Crippen molar-refractivity contribution >= 4 is 16.9 Å². The molecule has 2 aliphatic rings. The van der Waals surface area contributed by atoms with E-state index in [-0.39, 0.29) is 5.56 Å². The number of likely N-dealkylation sites (tertiary alicyclic amines) is 1. The van der Waals surface area contributed by atoms with Gasteiger partial charge in [0.15, 0.2) is 5.82 Å². The number of hydrogen-bond donors (Lipinski definition) is 1. The minimum Gasteiger partial charge on any atom is -0.367 e. The summed E-state index contributed by atoms with van der Waals surface area (Å²) in [5.74, 6) is 0.892. The smallest absolute Gasteiger partial charge is 0.267 e. The average Bonchev–Trinajstić information content (AvgIpc) is 3.10. The molecular weight excluding hydrogens is 402 g/mol. The number of anilines is 1. The molecule has 0 saturated carbocycles. The molecule has 1 atom stereocenters. The van der Waals surface area contributed by atoms with Crippen LogP contribution in [0.2, 0.25) is 0 Å². The van der Waals surface area contributed by atoms with E-state index >= 15 is 0 Å². The zero-order chi connectivity index (χ0) is 22.1. The van der Waals surface area contributed by atoms with Crippen molar-refractivity contribution in [2.24, 2.45) is 7.05 Å². The second-order valence-electron chi connectivity index (χ2n) is 9.25. The third-order valence-corrected chi connectivity index (χ3v) is 7.19. The SMILES string of the molecule is Cc1cc2ncnc(NCC3CCCCN3CCn3nc4c(cc3=O)CCCC4)c2n1C. The minimum atomic E-state index is 0.0415. The molecule has 1 N–H and O–H groups in total. The van der Waals surface area contributed by atoms with Crippen molar-refractivity contribution in [2.45, 2.75) is 64.5 Å². The summed E-state index contributed by atoms with van der Waals surface area (Å²) in [7, 11) is 2.06. The van der Waals surface area contributed by atoms with Crippen molar-refractivity contribution in [3.8, 4) is 0 Å². The van der Waals surface area contributed by atoms with Gasteiger partial charge in [-0.2, -0.15) is 5.10 Å². The Morgan fingerprint density at radius 2 is 1.97 bits per heavy atom. The zero-order valence-electron chi connectivity index (χ0n) is 19.2. The summed E-state index contributed by atoms with van der Waals surface area (Å²) in [6.45, 7) is 5.49. The van der Waals surface area contributed by atoms with Crippen LogP contribution in [0.5, 0.6) is 0 Å². The zero-order valence-corrected chi connectivity index (χ0v) is 19.2. The van der Waals surface area contributed by atoms with Gasteiger partial charge in [0, 0.05) is 37.9 Å². The molecule has 0 spiro atoms. The Morgan fingerprint density at radius 1 is 1.09 bits per heavy atom. The Kier molecular flexibility index (Phi) is 5.95. The Bertz CT molecular complexity index is 1170. The van der Waals surface area contributed by atoms with Crippen LogP contribution in [0.25, 0.3) is 11.0 Å². The summed E-state index contributed by atoms with van der Waals surface area (Å²) in [5.41, 5.74) is 5.52. The maximum Gasteiger partial charge on any atom is 0.267 e. The Hall–Kier alpha value is -2.74. The quantitative estimate of drug-likeness (QED) is 0.641. The molecule has 1 saturated heterocycles. The van der Waals surface area contributed by atoms with Crippen LogP contribution in [0.1, 0.15) is 49.1 Å². The molecule has 1 fully saturated rings. The highest BCUT2D eigenvalue weighted by Crippen LogP contribution is 2.24. The van der Waals surface area contributed by atoms with Crippen molar-refractivity contribution in [2.75, 3.05) is 25.0 Å². The Labute approximate surface area is 188 Å². The van der Waals surface area contributed by atoms with E-state index in [0.717, 1.165) is 67.0 Å². The first kappa shape index (κ1) is 21.1. The lowest BCUT2D eigenvalue weighted by Gasteiger charge is -2.36. The van der Waals surface area contributed by atoms with Gasteiger partial charge in [0.2, 0.25) is 0 Å². The first-order valence-corrected chi connectivity index (χ1v) is 11.9. The molecule has 0 amide bonds. The monoisotopic (exact) mass is 435 g/mol. The van der Waals surface area contributed by atoms with Gasteiger partial charge >= 0.3 is 0 Å². The molecule has 0 bridgehead atoms. The van der Waals surface area contributed by atoms with Gasteiger partial charge in [0.05, 0.1) is 17.8 Å². The molecule has 3 aromatic heterocycles. The lowest BCUT2D eigenvalue weighted by atomic mass is 9.97. The number of rotatable bonds is 6. The van der Waals surface area contributed by atoms with Crippen LogP contribution in [0, 0.1) is 6.92 Å². The van der Waals surface area contributed by atoms with Crippen LogP contribution in [0.4, 0.5) is 5.82 Å². The molecule has 8 nitrogen and oxygen atoms in total. The number of aromatic nitrogens is 5. The molecule has 8 heteroatoms. The van der Waals surface area contributed by atoms with Crippen LogP contribution < -0.4 is 10.9 Å². The molecular formula is C24H33N7O. The van der Waals surface area contributed by atoms with Gasteiger partial charge in [-0.3, -0.25) is 9.69 Å². The largest absolute Gasteiger partial charge is 0.367 e. The van der Waals surface area contributed by atoms with Gasteiger partial charge in [0.1, 0.15) is 11.8 Å². The molecule has 5 rings (SSSR count). The van der Waals surface area contributed by atoms with E-state index in [1.807, 2.05) is 6.07 Å². The van der Waals surface area contributed by atoms with E-state index < -0.39 is 0 Å². The maximum atomic E-state index is 12.6. The third kappa shape index (κ3) is 4.16. The molecule has 1 unspecified atom stereocenters. The van der Waals surface area contributed by atoms with E-state index in [4.69, 9.17) is 5.10 Å². The number of fused-ring (bicyclic) bond motifs is 2. The third-order valence-electron chi connectivity index (χ3n) is 7.19. The first-order valence-electron chi connectivity index (χ1n) is 11.9. The van der Waals surface area contributed by atoms with Gasteiger partial charge in [-0.05, 0) is 63.6 Å². The Balaban J connectivity index is 1.27. The van der Waals surface area contributed by atoms with Crippen molar-refractivity contribution in [3.63, 3.8) is 0 Å². The molecule has 1 aliphatic carbocycles. The minimum absolute atomic E-state index is 0.0415. The second-order valence-corrected chi connectivity index (χ2v) is 9.25. The number of piperidine rings is 1. The van der Waals surface area contributed by atoms with Gasteiger partial charge < -0.3 is 9.88 Å². The lowest BCUT2D eigenvalue weighted by Crippen LogP contribution is -2.46. The number of nitrogens with zero attached hydrogens (tertiary/aromatic N) is 6. The summed E-state index contributed by atoms with van der Waals surface area (Å²) in [6, 6.07) is 4.33. The fourth-order valence-electron chi connectivity index (χ4n) is 5.21. The number of hydrogen-bond acceptors (Lipinski definition) is 6. The second kappa shape index (κ2) is 9.02. The highest BCUT2D eigenvalue weighted by molar-refractivity contribution is 5.87. The molecule has 4 heterocycles. The van der Waals surface area contributed by atoms with Gasteiger partial charge in [-0.1, -0.05) is 6.42 Å². The van der Waals surface area contributed by atoms with Crippen molar-refractivity contribution in [1.82, 2.24) is 29.2 Å². The van der Waals surface area contributed by atoms with Crippen LogP contribution in [-0.4, -0.2) is 54.9 Å². The van der Waals surface area contributed by atoms with E-state index in [9.17, 15) is 4.79 Å². The van der Waals surface area contributed by atoms with Gasteiger partial charge in [0.25, 0.3) is 5.56 Å². The number of aryl methyl sites for hydroxylation is 4. The lowest BCUT2D eigenvalue weighted by molar-refractivity contribution is 0.147. The summed E-state index contributed by atoms with van der Waals surface area (Å²) in [4.78, 5) is 24.0.